The smallest absolute Gasteiger partial charge is 0.433 e. The molecule has 4 rings (SSSR count). The van der Waals surface area contributed by atoms with E-state index in [0.717, 1.165) is 17.8 Å². The predicted molar refractivity (Wildman–Crippen MR) is 123 cm³/mol. The molecule has 2 heterocycles. The number of anilines is 1. The number of hydrogen-bond acceptors (Lipinski definition) is 4. The quantitative estimate of drug-likeness (QED) is 0.297. The van der Waals surface area contributed by atoms with Crippen molar-refractivity contribution in [3.05, 3.63) is 77.1 Å². The van der Waals surface area contributed by atoms with Crippen molar-refractivity contribution in [1.29, 1.82) is 0 Å². The second kappa shape index (κ2) is 9.56. The zero-order valence-corrected chi connectivity index (χ0v) is 19.4. The van der Waals surface area contributed by atoms with Crippen molar-refractivity contribution in [2.75, 3.05) is 5.32 Å². The molecule has 0 aliphatic rings. The van der Waals surface area contributed by atoms with Crippen molar-refractivity contribution < 1.29 is 31.5 Å². The maximum absolute atomic E-state index is 13.9. The molecule has 0 unspecified atom stereocenters. The number of aromatic nitrogens is 3. The summed E-state index contributed by atoms with van der Waals surface area (Å²) in [6, 6.07) is 11.9. The molecule has 2 aromatic heterocycles. The number of carbonyl (C=O) groups excluding carboxylic acids is 1. The number of fused-ring (bicyclic) bond motifs is 1. The van der Waals surface area contributed by atoms with Crippen LogP contribution in [0.15, 0.2) is 54.7 Å². The van der Waals surface area contributed by atoms with Crippen molar-refractivity contribution in [3.63, 3.8) is 0 Å². The molecule has 0 spiro atoms. The maximum Gasteiger partial charge on any atom is 0.433 e. The Hall–Kier alpha value is -4.02. The Bertz CT molecular complexity index is 1410. The molecular formula is C25H21F5N4O2. The van der Waals surface area contributed by atoms with Gasteiger partial charge >= 0.3 is 12.8 Å². The summed E-state index contributed by atoms with van der Waals surface area (Å²) in [7, 11) is 0. The number of nitrogens with zero attached hydrogens (tertiary/aromatic N) is 3. The highest BCUT2D eigenvalue weighted by molar-refractivity contribution is 6.09. The summed E-state index contributed by atoms with van der Waals surface area (Å²) in [6.07, 6.45) is -3.84. The fraction of sp³-hybridized carbons (Fsp3) is 0.240. The summed E-state index contributed by atoms with van der Waals surface area (Å²) >= 11 is 0. The molecule has 0 saturated heterocycles. The van der Waals surface area contributed by atoms with Crippen LogP contribution in [-0.2, 0) is 6.18 Å². The van der Waals surface area contributed by atoms with Crippen LogP contribution in [0.2, 0.25) is 0 Å². The standard InChI is InChI=1S/C25H21F5N4O2/c1-13(2)15-5-7-16(8-6-15)18-11-21(25(28,29)30)34-22(32-18)17(12-31-34)23(35)33-19-10-14(3)4-9-20(19)36-24(26)27/h4-13,24H,1-3H3,(H,33,35). The Morgan fingerprint density at radius 2 is 1.75 bits per heavy atom. The van der Waals surface area contributed by atoms with E-state index in [1.165, 1.54) is 18.2 Å². The van der Waals surface area contributed by atoms with Crippen LogP contribution in [0.5, 0.6) is 5.75 Å². The lowest BCUT2D eigenvalue weighted by Gasteiger charge is -2.13. The van der Waals surface area contributed by atoms with Crippen molar-refractivity contribution in [1.82, 2.24) is 14.6 Å². The molecule has 6 nitrogen and oxygen atoms in total. The number of hydrogen-bond donors (Lipinski definition) is 1. The number of nitrogens with one attached hydrogen (secondary N) is 1. The summed E-state index contributed by atoms with van der Waals surface area (Å²) in [5.41, 5.74) is 0.252. The van der Waals surface area contributed by atoms with Gasteiger partial charge in [0.15, 0.2) is 11.3 Å². The Balaban J connectivity index is 1.80. The van der Waals surface area contributed by atoms with Gasteiger partial charge in [0.2, 0.25) is 0 Å². The molecule has 0 fully saturated rings. The van der Waals surface area contributed by atoms with E-state index in [4.69, 9.17) is 0 Å². The van der Waals surface area contributed by atoms with E-state index < -0.39 is 24.4 Å². The first-order valence-electron chi connectivity index (χ1n) is 10.9. The third-order valence-corrected chi connectivity index (χ3v) is 5.48. The molecule has 0 aliphatic heterocycles. The van der Waals surface area contributed by atoms with E-state index in [1.54, 1.807) is 31.2 Å². The zero-order valence-electron chi connectivity index (χ0n) is 19.4. The molecular weight excluding hydrogens is 483 g/mol. The van der Waals surface area contributed by atoms with Gasteiger partial charge in [-0.25, -0.2) is 9.50 Å². The molecule has 4 aromatic rings. The highest BCUT2D eigenvalue weighted by atomic mass is 19.4. The Kier molecular flexibility index (Phi) is 6.66. The number of halogens is 5. The number of rotatable bonds is 6. The highest BCUT2D eigenvalue weighted by Crippen LogP contribution is 2.34. The van der Waals surface area contributed by atoms with Crippen LogP contribution in [0.4, 0.5) is 27.6 Å². The number of alkyl halides is 5. The van der Waals surface area contributed by atoms with Crippen LogP contribution in [0.3, 0.4) is 0 Å². The average Bonchev–Trinajstić information content (AvgIpc) is 3.23. The molecule has 0 saturated carbocycles. The zero-order chi connectivity index (χ0) is 26.2. The predicted octanol–water partition coefficient (Wildman–Crippen LogP) is 6.70. The summed E-state index contributed by atoms with van der Waals surface area (Å²) in [5.74, 6) is -0.955. The Morgan fingerprint density at radius 3 is 2.36 bits per heavy atom. The van der Waals surface area contributed by atoms with Gasteiger partial charge in [-0.05, 0) is 42.2 Å². The molecule has 188 valence electrons. The van der Waals surface area contributed by atoms with Crippen molar-refractivity contribution in [2.24, 2.45) is 0 Å². The molecule has 36 heavy (non-hydrogen) atoms. The van der Waals surface area contributed by atoms with Gasteiger partial charge < -0.3 is 10.1 Å². The minimum Gasteiger partial charge on any atom is -0.433 e. The average molecular weight is 504 g/mol. The first-order chi connectivity index (χ1) is 16.9. The first kappa shape index (κ1) is 25.1. The third kappa shape index (κ3) is 5.14. The fourth-order valence-electron chi connectivity index (χ4n) is 3.64. The van der Waals surface area contributed by atoms with E-state index in [1.807, 2.05) is 13.8 Å². The van der Waals surface area contributed by atoms with Crippen LogP contribution in [0.25, 0.3) is 16.9 Å². The summed E-state index contributed by atoms with van der Waals surface area (Å²) in [5, 5.41) is 6.15. The molecule has 0 radical (unpaired) electrons. The van der Waals surface area contributed by atoms with Crippen molar-refractivity contribution in [2.45, 2.75) is 39.5 Å². The molecule has 0 bridgehead atoms. The van der Waals surface area contributed by atoms with Crippen LogP contribution in [-0.4, -0.2) is 27.1 Å². The van der Waals surface area contributed by atoms with Gasteiger partial charge in [-0.15, -0.1) is 0 Å². The Labute approximate surface area is 202 Å². The highest BCUT2D eigenvalue weighted by Gasteiger charge is 2.36. The van der Waals surface area contributed by atoms with Gasteiger partial charge in [0.25, 0.3) is 5.91 Å². The monoisotopic (exact) mass is 504 g/mol. The fourth-order valence-corrected chi connectivity index (χ4v) is 3.64. The number of aryl methyl sites for hydroxylation is 1. The topological polar surface area (TPSA) is 68.5 Å². The number of ether oxygens (including phenoxy) is 1. The molecule has 1 N–H and O–H groups in total. The maximum atomic E-state index is 13.9. The van der Waals surface area contributed by atoms with E-state index in [-0.39, 0.29) is 34.3 Å². The summed E-state index contributed by atoms with van der Waals surface area (Å²) in [4.78, 5) is 17.3. The second-order valence-corrected chi connectivity index (χ2v) is 8.43. The summed E-state index contributed by atoms with van der Waals surface area (Å²) < 4.78 is 72.2. The van der Waals surface area contributed by atoms with E-state index in [2.05, 4.69) is 20.1 Å². The Morgan fingerprint density at radius 1 is 1.06 bits per heavy atom. The van der Waals surface area contributed by atoms with Crippen molar-refractivity contribution >= 4 is 17.2 Å². The number of carbonyl (C=O) groups is 1. The van der Waals surface area contributed by atoms with Gasteiger partial charge in [0.05, 0.1) is 17.6 Å². The lowest BCUT2D eigenvalue weighted by Crippen LogP contribution is -2.16. The van der Waals surface area contributed by atoms with Crippen molar-refractivity contribution in [3.8, 4) is 17.0 Å². The SMILES string of the molecule is Cc1ccc(OC(F)F)c(NC(=O)c2cnn3c(C(F)(F)F)cc(-c4ccc(C(C)C)cc4)nc23)c1. The molecule has 0 aliphatic carbocycles. The minimum absolute atomic E-state index is 0.00282. The van der Waals surface area contributed by atoms with Gasteiger partial charge in [-0.1, -0.05) is 44.2 Å². The number of amides is 1. The van der Waals surface area contributed by atoms with E-state index in [0.29, 0.717) is 15.6 Å². The lowest BCUT2D eigenvalue weighted by atomic mass is 10.0. The van der Waals surface area contributed by atoms with E-state index in [9.17, 15) is 26.7 Å². The van der Waals surface area contributed by atoms with Crippen LogP contribution >= 0.6 is 0 Å². The largest absolute Gasteiger partial charge is 0.433 e. The number of benzene rings is 2. The van der Waals surface area contributed by atoms with E-state index >= 15 is 0 Å². The van der Waals surface area contributed by atoms with Gasteiger partial charge in [0, 0.05) is 5.56 Å². The first-order valence-corrected chi connectivity index (χ1v) is 10.9. The molecule has 2 aromatic carbocycles. The van der Waals surface area contributed by atoms with Gasteiger partial charge in [0.1, 0.15) is 11.3 Å². The summed E-state index contributed by atoms with van der Waals surface area (Å²) in [6.45, 7) is 2.51. The molecule has 0 atom stereocenters. The second-order valence-electron chi connectivity index (χ2n) is 8.43. The molecule has 1 amide bonds. The normalized spacial score (nSPS) is 11.9. The third-order valence-electron chi connectivity index (χ3n) is 5.48. The minimum atomic E-state index is -4.79. The van der Waals surface area contributed by atoms with Gasteiger partial charge in [-0.2, -0.15) is 27.1 Å². The lowest BCUT2D eigenvalue weighted by molar-refractivity contribution is -0.142. The van der Waals surface area contributed by atoms with Crippen LogP contribution in [0, 0.1) is 6.92 Å². The van der Waals surface area contributed by atoms with Crippen LogP contribution in [0.1, 0.15) is 46.9 Å². The van der Waals surface area contributed by atoms with Gasteiger partial charge in [-0.3, -0.25) is 4.79 Å². The molecule has 11 heteroatoms. The van der Waals surface area contributed by atoms with Crippen LogP contribution < -0.4 is 10.1 Å².